The standard InChI is InChI=1S/C4H5NO2S/c1-2-3(5)8(7)4(2)6/h5H2,1H3. The number of hydrogen-bond acceptors (Lipinski definition) is 3. The number of nitrogens with two attached hydrogens (primary N) is 1. The highest BCUT2D eigenvalue weighted by molar-refractivity contribution is 8.06. The van der Waals surface area contributed by atoms with Crippen LogP contribution in [-0.4, -0.2) is 9.32 Å². The number of carbonyl (C=O) groups excluding carboxylic acids is 1. The van der Waals surface area contributed by atoms with E-state index < -0.39 is 10.8 Å². The van der Waals surface area contributed by atoms with Crippen molar-refractivity contribution in [3.8, 4) is 0 Å². The van der Waals surface area contributed by atoms with E-state index >= 15 is 0 Å². The first-order valence-electron chi connectivity index (χ1n) is 2.07. The average molecular weight is 131 g/mol. The Balaban J connectivity index is 3.08. The first-order chi connectivity index (χ1) is 3.64. The highest BCUT2D eigenvalue weighted by Gasteiger charge is 2.30. The minimum atomic E-state index is -1.49. The lowest BCUT2D eigenvalue weighted by Gasteiger charge is -2.12. The van der Waals surface area contributed by atoms with Crippen molar-refractivity contribution in [2.24, 2.45) is 5.73 Å². The van der Waals surface area contributed by atoms with Crippen LogP contribution in [0.5, 0.6) is 0 Å². The predicted molar refractivity (Wildman–Crippen MR) is 30.0 cm³/mol. The van der Waals surface area contributed by atoms with Gasteiger partial charge in [-0.05, 0) is 6.92 Å². The summed E-state index contributed by atoms with van der Waals surface area (Å²) in [5.41, 5.74) is 5.56. The summed E-state index contributed by atoms with van der Waals surface area (Å²) in [5.74, 6) is 0. The predicted octanol–water partition coefficient (Wildman–Crippen LogP) is -0.534. The summed E-state index contributed by atoms with van der Waals surface area (Å²) < 4.78 is 10.4. The summed E-state index contributed by atoms with van der Waals surface area (Å²) in [6.07, 6.45) is 0. The number of hydrogen-bond donors (Lipinski definition) is 1. The fraction of sp³-hybridized carbons (Fsp3) is 0.250. The summed E-state index contributed by atoms with van der Waals surface area (Å²) in [7, 11) is -1.49. The third-order valence-corrected chi connectivity index (χ3v) is 2.39. The van der Waals surface area contributed by atoms with Gasteiger partial charge in [0, 0.05) is 5.57 Å². The molecule has 1 rings (SSSR count). The second-order valence-electron chi connectivity index (χ2n) is 1.55. The first-order valence-corrected chi connectivity index (χ1v) is 3.22. The van der Waals surface area contributed by atoms with Crippen molar-refractivity contribution in [3.05, 3.63) is 10.6 Å². The molecule has 1 heterocycles. The molecular weight excluding hydrogens is 126 g/mol. The SMILES string of the molecule is CC1=C(N)S(=O)C1=O. The Morgan fingerprint density at radius 2 is 2.12 bits per heavy atom. The molecular formula is C4H5NO2S. The minimum absolute atomic E-state index is 0.231. The zero-order chi connectivity index (χ0) is 6.31. The van der Waals surface area contributed by atoms with Crippen LogP contribution in [0, 0.1) is 0 Å². The summed E-state index contributed by atoms with van der Waals surface area (Å²) in [6, 6.07) is 0. The first kappa shape index (κ1) is 5.50. The normalized spacial score (nSPS) is 28.1. The van der Waals surface area contributed by atoms with Gasteiger partial charge in [-0.15, -0.1) is 0 Å². The van der Waals surface area contributed by atoms with E-state index in [1.165, 1.54) is 0 Å². The maximum atomic E-state index is 10.4. The molecule has 1 aliphatic heterocycles. The van der Waals surface area contributed by atoms with E-state index in [2.05, 4.69) is 0 Å². The Bertz CT molecular complexity index is 184. The van der Waals surface area contributed by atoms with Gasteiger partial charge < -0.3 is 5.73 Å². The van der Waals surface area contributed by atoms with Gasteiger partial charge >= 0.3 is 0 Å². The van der Waals surface area contributed by atoms with E-state index in [-0.39, 0.29) is 10.1 Å². The van der Waals surface area contributed by atoms with Gasteiger partial charge in [0.25, 0.3) is 5.12 Å². The molecule has 3 nitrogen and oxygen atoms in total. The summed E-state index contributed by atoms with van der Waals surface area (Å²) in [4.78, 5) is 10.3. The zero-order valence-corrected chi connectivity index (χ0v) is 5.12. The molecule has 0 spiro atoms. The van der Waals surface area contributed by atoms with Gasteiger partial charge in [0.05, 0.1) is 0 Å². The summed E-state index contributed by atoms with van der Waals surface area (Å²) >= 11 is 0. The molecule has 1 unspecified atom stereocenters. The smallest absolute Gasteiger partial charge is 0.253 e. The van der Waals surface area contributed by atoms with Crippen LogP contribution >= 0.6 is 0 Å². The number of rotatable bonds is 0. The molecule has 1 atom stereocenters. The Hall–Kier alpha value is -0.640. The summed E-state index contributed by atoms with van der Waals surface area (Å²) in [6.45, 7) is 1.57. The van der Waals surface area contributed by atoms with E-state index in [1.54, 1.807) is 6.92 Å². The Morgan fingerprint density at radius 3 is 2.25 bits per heavy atom. The van der Waals surface area contributed by atoms with Crippen molar-refractivity contribution in [3.63, 3.8) is 0 Å². The molecule has 4 heteroatoms. The molecule has 0 amide bonds. The van der Waals surface area contributed by atoms with Crippen molar-refractivity contribution >= 4 is 15.9 Å². The van der Waals surface area contributed by atoms with Gasteiger partial charge in [-0.1, -0.05) is 0 Å². The van der Waals surface area contributed by atoms with Gasteiger partial charge in [-0.25, -0.2) is 4.21 Å². The van der Waals surface area contributed by atoms with Crippen molar-refractivity contribution in [2.45, 2.75) is 6.92 Å². The Labute approximate surface area is 49.0 Å². The lowest BCUT2D eigenvalue weighted by molar-refractivity contribution is -0.108. The van der Waals surface area contributed by atoms with Crippen molar-refractivity contribution in [2.75, 3.05) is 0 Å². The van der Waals surface area contributed by atoms with Crippen LogP contribution < -0.4 is 5.73 Å². The average Bonchev–Trinajstić information content (AvgIpc) is 1.83. The van der Waals surface area contributed by atoms with Gasteiger partial charge in [-0.3, -0.25) is 4.79 Å². The van der Waals surface area contributed by atoms with E-state index in [0.29, 0.717) is 5.57 Å². The minimum Gasteiger partial charge on any atom is -0.391 e. The van der Waals surface area contributed by atoms with E-state index in [1.807, 2.05) is 0 Å². The molecule has 0 aromatic rings. The topological polar surface area (TPSA) is 60.2 Å². The quantitative estimate of drug-likeness (QED) is 0.480. The Morgan fingerprint density at radius 1 is 1.62 bits per heavy atom. The van der Waals surface area contributed by atoms with Gasteiger partial charge in [0.15, 0.2) is 0 Å². The third kappa shape index (κ3) is 0.432. The lowest BCUT2D eigenvalue weighted by atomic mass is 10.4. The maximum absolute atomic E-state index is 10.4. The number of carbonyl (C=O) groups is 1. The fourth-order valence-electron chi connectivity index (χ4n) is 0.432. The maximum Gasteiger partial charge on any atom is 0.253 e. The molecule has 8 heavy (non-hydrogen) atoms. The van der Waals surface area contributed by atoms with Crippen LogP contribution in [-0.2, 0) is 15.6 Å². The molecule has 0 aromatic heterocycles. The van der Waals surface area contributed by atoms with Gasteiger partial charge in [0.1, 0.15) is 15.8 Å². The molecule has 0 saturated carbocycles. The van der Waals surface area contributed by atoms with Crippen molar-refractivity contribution in [1.82, 2.24) is 0 Å². The monoisotopic (exact) mass is 131 g/mol. The van der Waals surface area contributed by atoms with Crippen LogP contribution in [0.4, 0.5) is 0 Å². The zero-order valence-electron chi connectivity index (χ0n) is 4.30. The van der Waals surface area contributed by atoms with Gasteiger partial charge in [-0.2, -0.15) is 0 Å². The van der Waals surface area contributed by atoms with Gasteiger partial charge in [0.2, 0.25) is 0 Å². The summed E-state index contributed by atoms with van der Waals surface area (Å²) in [5, 5.41) is -0.0995. The highest BCUT2D eigenvalue weighted by atomic mass is 32.2. The molecule has 0 radical (unpaired) electrons. The van der Waals surface area contributed by atoms with Crippen molar-refractivity contribution < 1.29 is 9.00 Å². The largest absolute Gasteiger partial charge is 0.391 e. The fourth-order valence-corrected chi connectivity index (χ4v) is 1.24. The molecule has 2 N–H and O–H groups in total. The third-order valence-electron chi connectivity index (χ3n) is 1.04. The molecule has 44 valence electrons. The van der Waals surface area contributed by atoms with E-state index in [0.717, 1.165) is 0 Å². The second-order valence-corrected chi connectivity index (χ2v) is 2.89. The second kappa shape index (κ2) is 1.42. The van der Waals surface area contributed by atoms with Crippen LogP contribution in [0.1, 0.15) is 6.92 Å². The molecule has 0 saturated heterocycles. The van der Waals surface area contributed by atoms with Crippen LogP contribution in [0.2, 0.25) is 0 Å². The molecule has 0 bridgehead atoms. The van der Waals surface area contributed by atoms with Crippen LogP contribution in [0.15, 0.2) is 10.6 Å². The van der Waals surface area contributed by atoms with E-state index in [4.69, 9.17) is 5.73 Å². The van der Waals surface area contributed by atoms with E-state index in [9.17, 15) is 9.00 Å². The van der Waals surface area contributed by atoms with Crippen molar-refractivity contribution in [1.29, 1.82) is 0 Å². The molecule has 0 fully saturated rings. The Kier molecular flexibility index (Phi) is 0.973. The van der Waals surface area contributed by atoms with Crippen LogP contribution in [0.25, 0.3) is 0 Å². The molecule has 0 aliphatic carbocycles. The highest BCUT2D eigenvalue weighted by Crippen LogP contribution is 2.18. The van der Waals surface area contributed by atoms with Crippen LogP contribution in [0.3, 0.4) is 0 Å². The molecule has 1 aliphatic rings. The lowest BCUT2D eigenvalue weighted by Crippen LogP contribution is -2.28. The molecule has 0 aromatic carbocycles.